The van der Waals surface area contributed by atoms with Crippen LogP contribution in [0.2, 0.25) is 0 Å². The second-order valence-electron chi connectivity index (χ2n) is 4.78. The molecule has 0 aliphatic heterocycles. The Hall–Kier alpha value is -1.45. The second kappa shape index (κ2) is 3.54. The maximum absolute atomic E-state index is 12.6. The first-order valence-corrected chi connectivity index (χ1v) is 5.65. The maximum atomic E-state index is 12.6. The molecule has 2 aliphatic rings. The summed E-state index contributed by atoms with van der Waals surface area (Å²) in [5.74, 6) is 1.26. The molecule has 2 atom stereocenters. The molecule has 4 heteroatoms. The van der Waals surface area contributed by atoms with Crippen molar-refractivity contribution in [2.75, 3.05) is 5.32 Å². The average Bonchev–Trinajstić information content (AvgIpc) is 2.89. The highest BCUT2D eigenvalue weighted by atomic mass is 19.1. The van der Waals surface area contributed by atoms with Crippen molar-refractivity contribution in [2.24, 2.45) is 17.8 Å². The lowest BCUT2D eigenvalue weighted by Crippen LogP contribution is -2.21. The molecular formula is C12H13FN2O. The normalized spacial score (nSPS) is 30.9. The van der Waals surface area contributed by atoms with Gasteiger partial charge >= 0.3 is 0 Å². The van der Waals surface area contributed by atoms with Crippen molar-refractivity contribution in [1.82, 2.24) is 4.98 Å². The zero-order valence-corrected chi connectivity index (χ0v) is 8.82. The molecule has 2 saturated carbocycles. The number of hydrogen-bond acceptors (Lipinski definition) is 2. The topological polar surface area (TPSA) is 42.0 Å². The van der Waals surface area contributed by atoms with E-state index in [0.29, 0.717) is 5.69 Å². The molecule has 1 N–H and O–H groups in total. The molecular weight excluding hydrogens is 207 g/mol. The van der Waals surface area contributed by atoms with Crippen LogP contribution >= 0.6 is 0 Å². The van der Waals surface area contributed by atoms with Gasteiger partial charge in [-0.05, 0) is 43.2 Å². The van der Waals surface area contributed by atoms with Gasteiger partial charge in [0.2, 0.25) is 11.9 Å². The summed E-state index contributed by atoms with van der Waals surface area (Å²) in [5.41, 5.74) is 0.576. The van der Waals surface area contributed by atoms with Crippen molar-refractivity contribution in [1.29, 1.82) is 0 Å². The van der Waals surface area contributed by atoms with E-state index in [2.05, 4.69) is 10.3 Å². The van der Waals surface area contributed by atoms with E-state index in [-0.39, 0.29) is 11.8 Å². The lowest BCUT2D eigenvalue weighted by molar-refractivity contribution is -0.120. The highest BCUT2D eigenvalue weighted by Crippen LogP contribution is 2.54. The smallest absolute Gasteiger partial charge is 0.227 e. The van der Waals surface area contributed by atoms with Crippen molar-refractivity contribution >= 4 is 11.6 Å². The highest BCUT2D eigenvalue weighted by molar-refractivity contribution is 5.92. The fourth-order valence-electron chi connectivity index (χ4n) is 2.62. The van der Waals surface area contributed by atoms with Crippen LogP contribution in [0.4, 0.5) is 10.1 Å². The monoisotopic (exact) mass is 220 g/mol. The van der Waals surface area contributed by atoms with Crippen LogP contribution in [0.5, 0.6) is 0 Å². The molecule has 2 fully saturated rings. The van der Waals surface area contributed by atoms with Gasteiger partial charge in [0.25, 0.3) is 0 Å². The number of amides is 1. The third-order valence-electron chi connectivity index (χ3n) is 3.61. The van der Waals surface area contributed by atoms with E-state index in [4.69, 9.17) is 0 Å². The zero-order chi connectivity index (χ0) is 11.1. The summed E-state index contributed by atoms with van der Waals surface area (Å²) in [4.78, 5) is 15.3. The number of fused-ring (bicyclic) bond motifs is 1. The Morgan fingerprint density at radius 3 is 2.69 bits per heavy atom. The molecule has 3 nitrogen and oxygen atoms in total. The minimum absolute atomic E-state index is 0.0561. The van der Waals surface area contributed by atoms with Gasteiger partial charge in [-0.3, -0.25) is 4.79 Å². The van der Waals surface area contributed by atoms with Crippen LogP contribution in [0.25, 0.3) is 0 Å². The van der Waals surface area contributed by atoms with E-state index < -0.39 is 5.95 Å². The molecule has 0 bridgehead atoms. The Kier molecular flexibility index (Phi) is 2.16. The number of halogens is 1. The molecule has 3 rings (SSSR count). The van der Waals surface area contributed by atoms with Gasteiger partial charge in [-0.1, -0.05) is 0 Å². The Morgan fingerprint density at radius 1 is 1.31 bits per heavy atom. The van der Waals surface area contributed by atoms with Crippen LogP contribution in [0, 0.1) is 23.7 Å². The molecule has 2 unspecified atom stereocenters. The van der Waals surface area contributed by atoms with Gasteiger partial charge in [-0.15, -0.1) is 0 Å². The first-order chi connectivity index (χ1) is 7.72. The fourth-order valence-corrected chi connectivity index (χ4v) is 2.62. The van der Waals surface area contributed by atoms with E-state index in [1.165, 1.54) is 24.8 Å². The molecule has 1 aromatic heterocycles. The molecule has 0 aromatic carbocycles. The summed E-state index contributed by atoms with van der Waals surface area (Å²) in [6, 6.07) is 2.79. The van der Waals surface area contributed by atoms with Crippen LogP contribution in [0.1, 0.15) is 19.3 Å². The van der Waals surface area contributed by atoms with E-state index in [0.717, 1.165) is 24.7 Å². The van der Waals surface area contributed by atoms with Crippen LogP contribution < -0.4 is 5.32 Å². The highest BCUT2D eigenvalue weighted by Gasteiger charge is 2.47. The lowest BCUT2D eigenvalue weighted by atomic mass is 10.0. The van der Waals surface area contributed by atoms with Gasteiger partial charge in [0.05, 0.1) is 11.9 Å². The fraction of sp³-hybridized carbons (Fsp3) is 0.500. The molecule has 2 aliphatic carbocycles. The molecule has 0 spiro atoms. The Labute approximate surface area is 93.1 Å². The second-order valence-corrected chi connectivity index (χ2v) is 4.78. The summed E-state index contributed by atoms with van der Waals surface area (Å²) < 4.78 is 12.6. The number of nitrogens with zero attached hydrogens (tertiary/aromatic N) is 1. The summed E-state index contributed by atoms with van der Waals surface area (Å²) in [7, 11) is 0. The third-order valence-corrected chi connectivity index (χ3v) is 3.61. The van der Waals surface area contributed by atoms with Crippen molar-refractivity contribution in [3.63, 3.8) is 0 Å². The molecule has 1 heterocycles. The number of aromatic nitrogens is 1. The van der Waals surface area contributed by atoms with Crippen molar-refractivity contribution < 1.29 is 9.18 Å². The summed E-state index contributed by atoms with van der Waals surface area (Å²) in [6.45, 7) is 0. The first-order valence-electron chi connectivity index (χ1n) is 5.65. The third kappa shape index (κ3) is 1.79. The quantitative estimate of drug-likeness (QED) is 0.776. The van der Waals surface area contributed by atoms with Crippen LogP contribution in [0.3, 0.4) is 0 Å². The molecule has 0 saturated heterocycles. The average molecular weight is 220 g/mol. The van der Waals surface area contributed by atoms with Gasteiger partial charge < -0.3 is 5.32 Å². The maximum Gasteiger partial charge on any atom is 0.227 e. The molecule has 84 valence electrons. The number of anilines is 1. The minimum Gasteiger partial charge on any atom is -0.324 e. The number of carbonyl (C=O) groups excluding carboxylic acids is 1. The predicted molar refractivity (Wildman–Crippen MR) is 57.1 cm³/mol. The summed E-state index contributed by atoms with van der Waals surface area (Å²) in [6.07, 6.45) is 4.70. The largest absolute Gasteiger partial charge is 0.324 e. The Morgan fingerprint density at radius 2 is 2.06 bits per heavy atom. The van der Waals surface area contributed by atoms with E-state index in [1.54, 1.807) is 0 Å². The van der Waals surface area contributed by atoms with Crippen LogP contribution in [-0.4, -0.2) is 10.9 Å². The number of pyridine rings is 1. The number of carbonyl (C=O) groups is 1. The van der Waals surface area contributed by atoms with Gasteiger partial charge in [-0.25, -0.2) is 4.98 Å². The van der Waals surface area contributed by atoms with Crippen LogP contribution in [0.15, 0.2) is 18.3 Å². The van der Waals surface area contributed by atoms with Gasteiger partial charge in [0, 0.05) is 5.92 Å². The van der Waals surface area contributed by atoms with Gasteiger partial charge in [-0.2, -0.15) is 4.39 Å². The predicted octanol–water partition coefficient (Wildman–Crippen LogP) is 2.21. The first kappa shape index (κ1) is 9.75. The standard InChI is InChI=1S/C12H13FN2O/c13-11-2-1-10(6-14-11)15-12(16)9-4-7-3-8(7)5-9/h1-2,6-9H,3-5H2,(H,15,16). The lowest BCUT2D eigenvalue weighted by Gasteiger charge is -2.11. The Balaban J connectivity index is 1.61. The SMILES string of the molecule is O=C(Nc1ccc(F)nc1)C1CC2CC2C1. The molecule has 1 amide bonds. The number of nitrogens with one attached hydrogen (secondary N) is 1. The summed E-state index contributed by atoms with van der Waals surface area (Å²) >= 11 is 0. The van der Waals surface area contributed by atoms with Crippen LogP contribution in [-0.2, 0) is 4.79 Å². The van der Waals surface area contributed by atoms with E-state index >= 15 is 0 Å². The van der Waals surface area contributed by atoms with Gasteiger partial charge in [0.15, 0.2) is 0 Å². The zero-order valence-electron chi connectivity index (χ0n) is 8.82. The molecule has 0 radical (unpaired) electrons. The van der Waals surface area contributed by atoms with Crippen molar-refractivity contribution in [3.8, 4) is 0 Å². The molecule has 1 aromatic rings. The van der Waals surface area contributed by atoms with Gasteiger partial charge in [0.1, 0.15) is 0 Å². The molecule has 16 heavy (non-hydrogen) atoms. The van der Waals surface area contributed by atoms with Crippen molar-refractivity contribution in [3.05, 3.63) is 24.3 Å². The van der Waals surface area contributed by atoms with Crippen molar-refractivity contribution in [2.45, 2.75) is 19.3 Å². The van der Waals surface area contributed by atoms with E-state index in [1.807, 2.05) is 0 Å². The minimum atomic E-state index is -0.528. The Bertz CT molecular complexity index is 408. The van der Waals surface area contributed by atoms with E-state index in [9.17, 15) is 9.18 Å². The number of rotatable bonds is 2. The summed E-state index contributed by atoms with van der Waals surface area (Å²) in [5, 5.41) is 2.78. The number of hydrogen-bond donors (Lipinski definition) is 1.